The number of hydrogen-bond donors (Lipinski definition) is 1. The van der Waals surface area contributed by atoms with E-state index in [0.717, 1.165) is 0 Å². The van der Waals surface area contributed by atoms with Crippen LogP contribution in [0, 0.1) is 0 Å². The van der Waals surface area contributed by atoms with Gasteiger partial charge in [0.1, 0.15) is 0 Å². The summed E-state index contributed by atoms with van der Waals surface area (Å²) < 4.78 is 4.84. The number of halogens is 1. The van der Waals surface area contributed by atoms with Crippen LogP contribution in [0.15, 0.2) is 6.20 Å². The second kappa shape index (κ2) is 6.58. The van der Waals surface area contributed by atoms with Gasteiger partial charge in [0.05, 0.1) is 16.9 Å². The average molecular weight is 327 g/mol. The van der Waals surface area contributed by atoms with Crippen molar-refractivity contribution in [1.82, 2.24) is 20.2 Å². The molecule has 0 unspecified atom stereocenters. The number of amides is 1. The minimum absolute atomic E-state index is 0.169. The summed E-state index contributed by atoms with van der Waals surface area (Å²) in [6.45, 7) is 8.11. The Morgan fingerprint density at radius 1 is 1.32 bits per heavy atom. The summed E-state index contributed by atoms with van der Waals surface area (Å²) in [5, 5.41) is 3.48. The molecule has 1 aromatic rings. The van der Waals surface area contributed by atoms with Gasteiger partial charge in [-0.1, -0.05) is 32.4 Å². The zero-order valence-corrected chi connectivity index (χ0v) is 13.6. The molecule has 0 bridgehead atoms. The van der Waals surface area contributed by atoms with Crippen molar-refractivity contribution in [3.63, 3.8) is 0 Å². The van der Waals surface area contributed by atoms with Gasteiger partial charge in [-0.2, -0.15) is 0 Å². The van der Waals surface area contributed by atoms with Crippen LogP contribution in [0.4, 0.5) is 4.79 Å². The lowest BCUT2D eigenvalue weighted by Crippen LogP contribution is -2.47. The van der Waals surface area contributed by atoms with Crippen LogP contribution in [0.1, 0.15) is 37.1 Å². The molecule has 0 radical (unpaired) electrons. The molecule has 2 rings (SSSR count). The molecule has 1 saturated heterocycles. The van der Waals surface area contributed by atoms with Gasteiger partial charge in [-0.3, -0.25) is 0 Å². The van der Waals surface area contributed by atoms with Crippen molar-refractivity contribution in [2.75, 3.05) is 26.2 Å². The molecular weight excluding hydrogens is 308 g/mol. The van der Waals surface area contributed by atoms with Crippen LogP contribution in [0.3, 0.4) is 0 Å². The molecule has 7 nitrogen and oxygen atoms in total. The van der Waals surface area contributed by atoms with Crippen molar-refractivity contribution in [3.8, 4) is 0 Å². The monoisotopic (exact) mass is 326 g/mol. The standard InChI is InChI=1S/C14H19ClN4O3/c1-14(2,3)10-9(15)8-17-11(18-10)12(20)22-13(21)19-6-4-16-5-7-19/h8,16H,4-7H2,1-3H3. The summed E-state index contributed by atoms with van der Waals surface area (Å²) in [7, 11) is 0. The van der Waals surface area contributed by atoms with Crippen LogP contribution in [0.2, 0.25) is 5.02 Å². The molecule has 1 amide bonds. The highest BCUT2D eigenvalue weighted by Gasteiger charge is 2.26. The van der Waals surface area contributed by atoms with Gasteiger partial charge in [-0.05, 0) is 0 Å². The maximum Gasteiger partial charge on any atom is 0.417 e. The van der Waals surface area contributed by atoms with Crippen molar-refractivity contribution in [1.29, 1.82) is 0 Å². The Bertz CT molecular complexity index is 580. The van der Waals surface area contributed by atoms with Crippen LogP contribution < -0.4 is 5.32 Å². The van der Waals surface area contributed by atoms with Gasteiger partial charge < -0.3 is 15.0 Å². The molecule has 1 N–H and O–H groups in total. The predicted octanol–water partition coefficient (Wildman–Crippen LogP) is 1.61. The first-order valence-corrected chi connectivity index (χ1v) is 7.41. The van der Waals surface area contributed by atoms with E-state index in [1.807, 2.05) is 20.8 Å². The Balaban J connectivity index is 2.11. The predicted molar refractivity (Wildman–Crippen MR) is 81.0 cm³/mol. The zero-order chi connectivity index (χ0) is 16.3. The van der Waals surface area contributed by atoms with Crippen molar-refractivity contribution >= 4 is 23.7 Å². The lowest BCUT2D eigenvalue weighted by molar-refractivity contribution is 0.0519. The summed E-state index contributed by atoms with van der Waals surface area (Å²) in [5.41, 5.74) is 0.183. The molecular formula is C14H19ClN4O3. The molecule has 0 aliphatic carbocycles. The fourth-order valence-corrected chi connectivity index (χ4v) is 2.40. The number of nitrogens with one attached hydrogen (secondary N) is 1. The Morgan fingerprint density at radius 2 is 1.95 bits per heavy atom. The van der Waals surface area contributed by atoms with E-state index in [9.17, 15) is 9.59 Å². The van der Waals surface area contributed by atoms with Crippen molar-refractivity contribution in [2.45, 2.75) is 26.2 Å². The quantitative estimate of drug-likeness (QED) is 0.623. The Hall–Kier alpha value is -1.73. The van der Waals surface area contributed by atoms with Crippen molar-refractivity contribution in [2.24, 2.45) is 0 Å². The van der Waals surface area contributed by atoms with Crippen LogP contribution in [0.25, 0.3) is 0 Å². The van der Waals surface area contributed by atoms with Gasteiger partial charge in [0.2, 0.25) is 5.82 Å². The fraction of sp³-hybridized carbons (Fsp3) is 0.571. The fourth-order valence-electron chi connectivity index (χ4n) is 2.03. The van der Waals surface area contributed by atoms with E-state index in [-0.39, 0.29) is 11.2 Å². The van der Waals surface area contributed by atoms with Crippen LogP contribution in [0.5, 0.6) is 0 Å². The van der Waals surface area contributed by atoms with Gasteiger partial charge in [-0.15, -0.1) is 0 Å². The van der Waals surface area contributed by atoms with E-state index < -0.39 is 12.1 Å². The third-order valence-corrected chi connectivity index (χ3v) is 3.47. The molecule has 22 heavy (non-hydrogen) atoms. The summed E-state index contributed by atoms with van der Waals surface area (Å²) >= 11 is 6.05. The average Bonchev–Trinajstić information content (AvgIpc) is 2.47. The van der Waals surface area contributed by atoms with Gasteiger partial charge in [0.25, 0.3) is 0 Å². The lowest BCUT2D eigenvalue weighted by atomic mass is 9.92. The normalized spacial score (nSPS) is 15.5. The third-order valence-electron chi connectivity index (χ3n) is 3.19. The highest BCUT2D eigenvalue weighted by molar-refractivity contribution is 6.31. The number of rotatable bonds is 1. The number of ether oxygens (including phenoxy) is 1. The first-order chi connectivity index (χ1) is 10.3. The summed E-state index contributed by atoms with van der Waals surface area (Å²) in [4.78, 5) is 33.4. The highest BCUT2D eigenvalue weighted by Crippen LogP contribution is 2.26. The van der Waals surface area contributed by atoms with E-state index in [2.05, 4.69) is 15.3 Å². The zero-order valence-electron chi connectivity index (χ0n) is 12.9. The van der Waals surface area contributed by atoms with Crippen molar-refractivity contribution in [3.05, 3.63) is 22.7 Å². The Labute approximate surface area is 134 Å². The SMILES string of the molecule is CC(C)(C)c1nc(C(=O)OC(=O)N2CCNCC2)ncc1Cl. The highest BCUT2D eigenvalue weighted by atomic mass is 35.5. The van der Waals surface area contributed by atoms with Crippen molar-refractivity contribution < 1.29 is 14.3 Å². The van der Waals surface area contributed by atoms with E-state index in [0.29, 0.717) is 36.9 Å². The van der Waals surface area contributed by atoms with Gasteiger partial charge in [0, 0.05) is 31.6 Å². The third kappa shape index (κ3) is 3.92. The number of nitrogens with zero attached hydrogens (tertiary/aromatic N) is 3. The molecule has 0 aromatic carbocycles. The smallest absolute Gasteiger partial charge is 0.370 e. The number of carbonyl (C=O) groups is 2. The van der Waals surface area contributed by atoms with Gasteiger partial charge >= 0.3 is 12.1 Å². The van der Waals surface area contributed by atoms with E-state index >= 15 is 0 Å². The number of piperazine rings is 1. The van der Waals surface area contributed by atoms with Crippen LogP contribution in [-0.4, -0.2) is 53.1 Å². The molecule has 0 spiro atoms. The molecule has 8 heteroatoms. The number of carbonyl (C=O) groups excluding carboxylic acids is 2. The maximum atomic E-state index is 12.0. The molecule has 120 valence electrons. The lowest BCUT2D eigenvalue weighted by Gasteiger charge is -2.25. The van der Waals surface area contributed by atoms with Gasteiger partial charge in [-0.25, -0.2) is 19.6 Å². The molecule has 1 aromatic heterocycles. The summed E-state index contributed by atoms with van der Waals surface area (Å²) in [6.07, 6.45) is 0.670. The molecule has 2 heterocycles. The molecule has 1 aliphatic rings. The van der Waals surface area contributed by atoms with Gasteiger partial charge in [0.15, 0.2) is 0 Å². The molecule has 0 atom stereocenters. The summed E-state index contributed by atoms with van der Waals surface area (Å²) in [5.74, 6) is -1.04. The largest absolute Gasteiger partial charge is 0.417 e. The number of esters is 1. The van der Waals surface area contributed by atoms with E-state index in [1.54, 1.807) is 0 Å². The maximum absolute atomic E-state index is 12.0. The van der Waals surface area contributed by atoms with E-state index in [1.165, 1.54) is 11.1 Å². The minimum Gasteiger partial charge on any atom is -0.370 e. The Morgan fingerprint density at radius 3 is 2.55 bits per heavy atom. The number of hydrogen-bond acceptors (Lipinski definition) is 6. The molecule has 1 fully saturated rings. The van der Waals surface area contributed by atoms with Crippen LogP contribution in [-0.2, 0) is 10.2 Å². The second-order valence-electron chi connectivity index (χ2n) is 6.03. The van der Waals surface area contributed by atoms with Crippen LogP contribution >= 0.6 is 11.6 Å². The minimum atomic E-state index is -0.870. The molecule has 1 aliphatic heterocycles. The van der Waals surface area contributed by atoms with E-state index in [4.69, 9.17) is 16.3 Å². The molecule has 0 saturated carbocycles. The Kier molecular flexibility index (Phi) is 4.97. The summed E-state index contributed by atoms with van der Waals surface area (Å²) in [6, 6.07) is 0. The first-order valence-electron chi connectivity index (χ1n) is 7.04. The first kappa shape index (κ1) is 16.6. The second-order valence-corrected chi connectivity index (χ2v) is 6.44. The topological polar surface area (TPSA) is 84.4 Å². The number of aromatic nitrogens is 2.